The highest BCUT2D eigenvalue weighted by atomic mass is 16.5. The highest BCUT2D eigenvalue weighted by Gasteiger charge is 2.29. The highest BCUT2D eigenvalue weighted by molar-refractivity contribution is 5.74. The van der Waals surface area contributed by atoms with Crippen LogP contribution in [0.15, 0.2) is 29.0 Å². The van der Waals surface area contributed by atoms with Gasteiger partial charge in [0.1, 0.15) is 0 Å². The molecule has 2 aromatic rings. The molecule has 0 aliphatic heterocycles. The fraction of sp³-hybridized carbons (Fsp3) is 0.556. The van der Waals surface area contributed by atoms with Crippen molar-refractivity contribution in [2.45, 2.75) is 57.5 Å². The van der Waals surface area contributed by atoms with Crippen molar-refractivity contribution >= 4 is 6.03 Å². The van der Waals surface area contributed by atoms with Gasteiger partial charge in [-0.25, -0.2) is 4.79 Å². The van der Waals surface area contributed by atoms with Crippen molar-refractivity contribution in [1.29, 1.82) is 0 Å². The monoisotopic (exact) mass is 343 g/mol. The molecule has 0 aromatic carbocycles. The number of amides is 2. The van der Waals surface area contributed by atoms with E-state index in [1.54, 1.807) is 11.1 Å². The normalized spacial score (nSPS) is 15.0. The summed E-state index contributed by atoms with van der Waals surface area (Å²) in [5.74, 6) is 1.66. The summed E-state index contributed by atoms with van der Waals surface area (Å²) < 4.78 is 5.20. The van der Waals surface area contributed by atoms with E-state index in [1.807, 2.05) is 25.4 Å². The van der Waals surface area contributed by atoms with Crippen LogP contribution in [0, 0.1) is 0 Å². The molecule has 2 heterocycles. The average molecular weight is 343 g/mol. The van der Waals surface area contributed by atoms with Gasteiger partial charge < -0.3 is 14.7 Å². The predicted molar refractivity (Wildman–Crippen MR) is 92.8 cm³/mol. The lowest BCUT2D eigenvalue weighted by atomic mass is 10.0. The summed E-state index contributed by atoms with van der Waals surface area (Å²) in [4.78, 5) is 22.8. The molecule has 1 atom stereocenters. The molecular weight excluding hydrogens is 318 g/mol. The van der Waals surface area contributed by atoms with E-state index in [1.165, 1.54) is 0 Å². The van der Waals surface area contributed by atoms with Crippen LogP contribution in [0.2, 0.25) is 0 Å². The number of unbranched alkanes of at least 4 members (excludes halogenated alkanes) is 1. The second-order valence-corrected chi connectivity index (χ2v) is 6.53. The quantitative estimate of drug-likeness (QED) is 0.794. The van der Waals surface area contributed by atoms with Crippen LogP contribution in [0.4, 0.5) is 4.79 Å². The first-order valence-electron chi connectivity index (χ1n) is 8.92. The van der Waals surface area contributed by atoms with Crippen molar-refractivity contribution in [2.24, 2.45) is 0 Å². The number of hydrogen-bond acceptors (Lipinski definition) is 5. The van der Waals surface area contributed by atoms with Crippen LogP contribution in [0.5, 0.6) is 0 Å². The lowest BCUT2D eigenvalue weighted by molar-refractivity contribution is 0.184. The van der Waals surface area contributed by atoms with Crippen LogP contribution in [0.1, 0.15) is 68.3 Å². The van der Waals surface area contributed by atoms with Crippen molar-refractivity contribution in [2.75, 3.05) is 7.05 Å². The summed E-state index contributed by atoms with van der Waals surface area (Å²) in [5.41, 5.74) is 1.04. The van der Waals surface area contributed by atoms with Crippen molar-refractivity contribution in [3.63, 3.8) is 0 Å². The molecular formula is C18H25N5O2. The second kappa shape index (κ2) is 8.09. The molecule has 0 radical (unpaired) electrons. The molecule has 25 heavy (non-hydrogen) atoms. The molecule has 1 N–H and O–H groups in total. The third kappa shape index (κ3) is 4.55. The zero-order valence-electron chi connectivity index (χ0n) is 14.8. The number of hydrogen-bond donors (Lipinski definition) is 1. The molecule has 1 fully saturated rings. The molecule has 1 saturated carbocycles. The molecule has 134 valence electrons. The van der Waals surface area contributed by atoms with Gasteiger partial charge in [0.25, 0.3) is 0 Å². The van der Waals surface area contributed by atoms with Gasteiger partial charge in [-0.2, -0.15) is 4.98 Å². The predicted octanol–water partition coefficient (Wildman–Crippen LogP) is 3.41. The third-order valence-corrected chi connectivity index (χ3v) is 4.51. The molecule has 0 saturated heterocycles. The molecule has 1 unspecified atom stereocenters. The minimum atomic E-state index is -0.156. The average Bonchev–Trinajstić information content (AvgIpc) is 3.39. The van der Waals surface area contributed by atoms with E-state index >= 15 is 0 Å². The van der Waals surface area contributed by atoms with E-state index in [-0.39, 0.29) is 18.6 Å². The van der Waals surface area contributed by atoms with Gasteiger partial charge in [0.05, 0.1) is 12.6 Å². The molecule has 7 heteroatoms. The first kappa shape index (κ1) is 17.4. The van der Waals surface area contributed by atoms with Gasteiger partial charge in [0, 0.05) is 25.4 Å². The largest absolute Gasteiger partial charge is 0.337 e. The summed E-state index contributed by atoms with van der Waals surface area (Å²) in [5, 5.41) is 6.83. The van der Waals surface area contributed by atoms with Gasteiger partial charge in [-0.15, -0.1) is 0 Å². The number of nitrogens with one attached hydrogen (secondary N) is 1. The lowest BCUT2D eigenvalue weighted by Gasteiger charge is -2.28. The van der Waals surface area contributed by atoms with Gasteiger partial charge in [-0.3, -0.25) is 4.98 Å². The molecule has 1 aliphatic rings. The van der Waals surface area contributed by atoms with Crippen LogP contribution in [-0.2, 0) is 6.54 Å². The van der Waals surface area contributed by atoms with Crippen LogP contribution in [-0.4, -0.2) is 33.1 Å². The van der Waals surface area contributed by atoms with Gasteiger partial charge in [-0.1, -0.05) is 31.0 Å². The maximum Gasteiger partial charge on any atom is 0.318 e. The Bertz CT molecular complexity index is 684. The summed E-state index contributed by atoms with van der Waals surface area (Å²) in [6, 6.07) is 3.75. The Morgan fingerprint density at radius 3 is 3.00 bits per heavy atom. The summed E-state index contributed by atoms with van der Waals surface area (Å²) in [7, 11) is 1.81. The summed E-state index contributed by atoms with van der Waals surface area (Å²) in [6.45, 7) is 2.39. The number of aromatic nitrogens is 3. The zero-order valence-corrected chi connectivity index (χ0v) is 14.8. The molecule has 0 spiro atoms. The fourth-order valence-electron chi connectivity index (χ4n) is 2.82. The van der Waals surface area contributed by atoms with E-state index in [4.69, 9.17) is 4.52 Å². The van der Waals surface area contributed by atoms with E-state index in [9.17, 15) is 4.79 Å². The van der Waals surface area contributed by atoms with E-state index in [2.05, 4.69) is 27.4 Å². The first-order chi connectivity index (χ1) is 12.2. The van der Waals surface area contributed by atoms with Crippen LogP contribution >= 0.6 is 0 Å². The Morgan fingerprint density at radius 2 is 2.32 bits per heavy atom. The van der Waals surface area contributed by atoms with Gasteiger partial charge >= 0.3 is 6.03 Å². The molecule has 1 aliphatic carbocycles. The van der Waals surface area contributed by atoms with Crippen molar-refractivity contribution in [3.05, 3.63) is 41.8 Å². The molecule has 2 amide bonds. The Kier molecular flexibility index (Phi) is 5.63. The highest BCUT2D eigenvalue weighted by Crippen LogP contribution is 2.38. The third-order valence-electron chi connectivity index (χ3n) is 4.51. The van der Waals surface area contributed by atoms with Gasteiger partial charge in [-0.05, 0) is 30.9 Å². The number of nitrogens with zero attached hydrogens (tertiary/aromatic N) is 4. The molecule has 7 nitrogen and oxygen atoms in total. The Hall–Kier alpha value is -2.44. The number of pyridine rings is 1. The minimum absolute atomic E-state index is 0.00152. The minimum Gasteiger partial charge on any atom is -0.337 e. The topological polar surface area (TPSA) is 84.2 Å². The Balaban J connectivity index is 1.59. The Morgan fingerprint density at radius 1 is 1.48 bits per heavy atom. The number of rotatable bonds is 8. The summed E-state index contributed by atoms with van der Waals surface area (Å²) >= 11 is 0. The van der Waals surface area contributed by atoms with Crippen molar-refractivity contribution < 1.29 is 9.32 Å². The number of urea groups is 1. The number of carbonyl (C=O) groups excluding carboxylic acids is 1. The van der Waals surface area contributed by atoms with E-state index < -0.39 is 0 Å². The smallest absolute Gasteiger partial charge is 0.318 e. The summed E-state index contributed by atoms with van der Waals surface area (Å²) in [6.07, 6.45) is 8.84. The Labute approximate surface area is 147 Å². The van der Waals surface area contributed by atoms with Gasteiger partial charge in [0.15, 0.2) is 5.82 Å². The van der Waals surface area contributed by atoms with E-state index in [0.29, 0.717) is 11.8 Å². The molecule has 0 bridgehead atoms. The lowest BCUT2D eigenvalue weighted by Crippen LogP contribution is -2.39. The second-order valence-electron chi connectivity index (χ2n) is 6.53. The van der Waals surface area contributed by atoms with Gasteiger partial charge in [0.2, 0.25) is 5.89 Å². The van der Waals surface area contributed by atoms with Crippen LogP contribution in [0.25, 0.3) is 0 Å². The fourth-order valence-corrected chi connectivity index (χ4v) is 2.82. The first-order valence-corrected chi connectivity index (χ1v) is 8.92. The van der Waals surface area contributed by atoms with Crippen molar-refractivity contribution in [3.8, 4) is 0 Å². The molecule has 3 rings (SSSR count). The SMILES string of the molecule is CCCCC(c1cccnc1)N(C)C(=O)NCc1nc(C2CC2)no1. The maximum absolute atomic E-state index is 12.6. The van der Waals surface area contributed by atoms with Crippen LogP contribution in [0.3, 0.4) is 0 Å². The molecule has 2 aromatic heterocycles. The zero-order chi connectivity index (χ0) is 17.6. The standard InChI is InChI=1S/C18H25N5O2/c1-3-4-7-15(14-6-5-10-19-11-14)23(2)18(24)20-12-16-21-17(22-25-16)13-8-9-13/h5-6,10-11,13,15H,3-4,7-9,12H2,1-2H3,(H,20,24). The van der Waals surface area contributed by atoms with Crippen LogP contribution < -0.4 is 5.32 Å². The van der Waals surface area contributed by atoms with Crippen molar-refractivity contribution in [1.82, 2.24) is 25.3 Å². The van der Waals surface area contributed by atoms with E-state index in [0.717, 1.165) is 43.5 Å². The maximum atomic E-state index is 12.6. The number of carbonyl (C=O) groups is 1.